The molecule has 0 aliphatic rings. The van der Waals surface area contributed by atoms with Gasteiger partial charge in [-0.05, 0) is 14.1 Å². The quantitative estimate of drug-likeness (QED) is 0.708. The molecule has 0 aliphatic heterocycles. The van der Waals surface area contributed by atoms with Gasteiger partial charge in [0.05, 0.1) is 0 Å². The zero-order valence-corrected chi connectivity index (χ0v) is 13.9. The van der Waals surface area contributed by atoms with Crippen LogP contribution < -0.4 is 5.73 Å². The molecule has 0 saturated heterocycles. The average molecular weight is 265 g/mol. The number of hydrogen-bond donors (Lipinski definition) is 1. The Kier molecular flexibility index (Phi) is 33.3. The van der Waals surface area contributed by atoms with E-state index in [4.69, 9.17) is 5.73 Å². The van der Waals surface area contributed by atoms with Gasteiger partial charge >= 0.3 is 0 Å². The van der Waals surface area contributed by atoms with Gasteiger partial charge in [0.1, 0.15) is 0 Å². The minimum Gasteiger partial charge on any atom is -0.330 e. The second-order valence-corrected chi connectivity index (χ2v) is 5.49. The molecule has 0 unspecified atom stereocenters. The lowest BCUT2D eigenvalue weighted by atomic mass is 10.3. The van der Waals surface area contributed by atoms with E-state index in [1.807, 2.05) is 11.8 Å². The molecule has 0 spiro atoms. The number of unbranched alkanes of at least 4 members (excludes halogenated alkanes) is 2. The SMILES string of the molecule is CCC.CCCCC.CN(C)CCSCCN. The van der Waals surface area contributed by atoms with Crippen molar-refractivity contribution < 1.29 is 0 Å². The van der Waals surface area contributed by atoms with Crippen molar-refractivity contribution in [1.82, 2.24) is 4.90 Å². The minimum atomic E-state index is 0.804. The van der Waals surface area contributed by atoms with Crippen LogP contribution in [0, 0.1) is 0 Å². The molecule has 0 aromatic carbocycles. The van der Waals surface area contributed by atoms with Crippen molar-refractivity contribution in [3.8, 4) is 0 Å². The smallest absolute Gasteiger partial charge is 0.00662 e. The van der Waals surface area contributed by atoms with Crippen molar-refractivity contribution in [2.45, 2.75) is 53.4 Å². The fourth-order valence-electron chi connectivity index (χ4n) is 0.786. The first kappa shape index (κ1) is 22.5. The molecular formula is C14H36N2S. The Morgan fingerprint density at radius 3 is 1.65 bits per heavy atom. The van der Waals surface area contributed by atoms with Crippen molar-refractivity contribution in [1.29, 1.82) is 0 Å². The summed E-state index contributed by atoms with van der Waals surface area (Å²) >= 11 is 1.91. The van der Waals surface area contributed by atoms with Crippen LogP contribution in [0.15, 0.2) is 0 Å². The van der Waals surface area contributed by atoms with E-state index in [1.54, 1.807) is 0 Å². The summed E-state index contributed by atoms with van der Waals surface area (Å²) in [5.41, 5.74) is 5.31. The van der Waals surface area contributed by atoms with Crippen molar-refractivity contribution in [3.05, 3.63) is 0 Å². The fourth-order valence-corrected chi connectivity index (χ4v) is 1.65. The highest BCUT2D eigenvalue weighted by Crippen LogP contribution is 1.96. The van der Waals surface area contributed by atoms with Gasteiger partial charge in [0.25, 0.3) is 0 Å². The third-order valence-corrected chi connectivity index (χ3v) is 2.65. The molecular weight excluding hydrogens is 228 g/mol. The normalized spacial score (nSPS) is 9.18. The standard InChI is InChI=1S/C6H16N2S.C5H12.C3H8/c1-8(2)4-6-9-5-3-7;1-3-5-4-2;1-3-2/h3-7H2,1-2H3;3-5H2,1-2H3;3H2,1-2H3. The van der Waals surface area contributed by atoms with Gasteiger partial charge in [-0.1, -0.05) is 53.4 Å². The van der Waals surface area contributed by atoms with Crippen LogP contribution in [0.5, 0.6) is 0 Å². The van der Waals surface area contributed by atoms with Crippen molar-refractivity contribution in [2.75, 3.05) is 38.7 Å². The summed E-state index contributed by atoms with van der Waals surface area (Å²) in [5, 5.41) is 0. The molecule has 0 atom stereocenters. The topological polar surface area (TPSA) is 29.3 Å². The van der Waals surface area contributed by atoms with Crippen LogP contribution in [-0.2, 0) is 0 Å². The summed E-state index contributed by atoms with van der Waals surface area (Å²) in [5.74, 6) is 2.29. The van der Waals surface area contributed by atoms with Gasteiger partial charge in [-0.3, -0.25) is 0 Å². The highest BCUT2D eigenvalue weighted by atomic mass is 32.2. The molecule has 3 heteroatoms. The van der Waals surface area contributed by atoms with E-state index in [0.29, 0.717) is 0 Å². The molecule has 17 heavy (non-hydrogen) atoms. The first-order valence-electron chi connectivity index (χ1n) is 7.02. The first-order chi connectivity index (χ1) is 8.10. The van der Waals surface area contributed by atoms with E-state index in [1.165, 1.54) is 31.4 Å². The predicted octanol–water partition coefficient (Wildman–Crippen LogP) is 3.85. The first-order valence-corrected chi connectivity index (χ1v) is 8.18. The molecule has 0 aliphatic carbocycles. The molecule has 108 valence electrons. The van der Waals surface area contributed by atoms with E-state index < -0.39 is 0 Å². The van der Waals surface area contributed by atoms with Crippen LogP contribution >= 0.6 is 11.8 Å². The maximum atomic E-state index is 5.31. The highest BCUT2D eigenvalue weighted by molar-refractivity contribution is 7.99. The van der Waals surface area contributed by atoms with Gasteiger partial charge in [-0.25, -0.2) is 0 Å². The van der Waals surface area contributed by atoms with Crippen LogP contribution in [0.3, 0.4) is 0 Å². The number of rotatable bonds is 7. The molecule has 0 aromatic rings. The van der Waals surface area contributed by atoms with Crippen LogP contribution in [0.2, 0.25) is 0 Å². The Morgan fingerprint density at radius 2 is 1.41 bits per heavy atom. The third kappa shape index (κ3) is 48.4. The van der Waals surface area contributed by atoms with E-state index in [2.05, 4.69) is 46.7 Å². The number of nitrogens with two attached hydrogens (primary N) is 1. The molecule has 0 aromatic heterocycles. The van der Waals surface area contributed by atoms with E-state index >= 15 is 0 Å². The van der Waals surface area contributed by atoms with Crippen molar-refractivity contribution in [2.24, 2.45) is 5.73 Å². The van der Waals surface area contributed by atoms with E-state index in [-0.39, 0.29) is 0 Å². The lowest BCUT2D eigenvalue weighted by Crippen LogP contribution is -2.15. The maximum absolute atomic E-state index is 5.31. The predicted molar refractivity (Wildman–Crippen MR) is 86.1 cm³/mol. The van der Waals surface area contributed by atoms with Gasteiger partial charge in [-0.15, -0.1) is 0 Å². The Bertz CT molecular complexity index is 96.2. The molecule has 2 nitrogen and oxygen atoms in total. The van der Waals surface area contributed by atoms with Crippen LogP contribution in [0.1, 0.15) is 53.4 Å². The van der Waals surface area contributed by atoms with Gasteiger partial charge in [0, 0.05) is 24.6 Å². The molecule has 0 heterocycles. The van der Waals surface area contributed by atoms with Crippen LogP contribution in [0.25, 0.3) is 0 Å². The summed E-state index contributed by atoms with van der Waals surface area (Å²) in [6, 6.07) is 0. The van der Waals surface area contributed by atoms with Crippen molar-refractivity contribution >= 4 is 11.8 Å². The summed E-state index contributed by atoms with van der Waals surface area (Å²) < 4.78 is 0. The Labute approximate surface area is 115 Å². The molecule has 0 rings (SSSR count). The van der Waals surface area contributed by atoms with Gasteiger partial charge in [0.15, 0.2) is 0 Å². The maximum Gasteiger partial charge on any atom is 0.00662 e. The third-order valence-electron chi connectivity index (χ3n) is 1.65. The fraction of sp³-hybridized carbons (Fsp3) is 1.00. The zero-order chi connectivity index (χ0) is 13.9. The molecule has 2 N–H and O–H groups in total. The largest absolute Gasteiger partial charge is 0.330 e. The second kappa shape index (κ2) is 25.2. The number of thioether (sulfide) groups is 1. The van der Waals surface area contributed by atoms with Gasteiger partial charge in [0.2, 0.25) is 0 Å². The van der Waals surface area contributed by atoms with Gasteiger partial charge in [-0.2, -0.15) is 11.8 Å². The lowest BCUT2D eigenvalue weighted by Gasteiger charge is -2.07. The molecule has 0 saturated carbocycles. The zero-order valence-electron chi connectivity index (χ0n) is 13.1. The van der Waals surface area contributed by atoms with Crippen LogP contribution in [0.4, 0.5) is 0 Å². The monoisotopic (exact) mass is 264 g/mol. The van der Waals surface area contributed by atoms with E-state index in [0.717, 1.165) is 18.8 Å². The Balaban J connectivity index is -0.000000207. The number of nitrogens with zero attached hydrogens (tertiary/aromatic N) is 1. The van der Waals surface area contributed by atoms with Crippen molar-refractivity contribution in [3.63, 3.8) is 0 Å². The minimum absolute atomic E-state index is 0.804. The Morgan fingerprint density at radius 1 is 0.941 bits per heavy atom. The summed E-state index contributed by atoms with van der Waals surface area (Å²) in [6.07, 6.45) is 5.33. The summed E-state index contributed by atoms with van der Waals surface area (Å²) in [7, 11) is 4.17. The molecule has 0 bridgehead atoms. The lowest BCUT2D eigenvalue weighted by molar-refractivity contribution is 0.437. The highest BCUT2D eigenvalue weighted by Gasteiger charge is 1.88. The molecule has 0 amide bonds. The molecule has 0 fully saturated rings. The Hall–Kier alpha value is 0.270. The summed E-state index contributed by atoms with van der Waals surface area (Å²) in [4.78, 5) is 2.18. The number of hydrogen-bond acceptors (Lipinski definition) is 3. The summed E-state index contributed by atoms with van der Waals surface area (Å²) in [6.45, 7) is 10.6. The average Bonchev–Trinajstić information content (AvgIpc) is 2.27. The molecule has 0 radical (unpaired) electrons. The van der Waals surface area contributed by atoms with E-state index in [9.17, 15) is 0 Å². The van der Waals surface area contributed by atoms with Crippen LogP contribution in [-0.4, -0.2) is 43.6 Å². The van der Waals surface area contributed by atoms with Gasteiger partial charge < -0.3 is 10.6 Å². The second-order valence-electron chi connectivity index (χ2n) is 4.26.